The van der Waals surface area contributed by atoms with Gasteiger partial charge in [-0.15, -0.1) is 6.58 Å². The molecule has 0 aliphatic carbocycles. The molecule has 0 saturated heterocycles. The Bertz CT molecular complexity index is 567. The first-order chi connectivity index (χ1) is 11.3. The molecule has 0 radical (unpaired) electrons. The van der Waals surface area contributed by atoms with E-state index in [1.807, 2.05) is 6.08 Å². The summed E-state index contributed by atoms with van der Waals surface area (Å²) >= 11 is 0. The molecule has 0 unspecified atom stereocenters. The van der Waals surface area contributed by atoms with Crippen molar-refractivity contribution in [1.82, 2.24) is 0 Å². The van der Waals surface area contributed by atoms with Crippen molar-refractivity contribution in [3.05, 3.63) is 47.0 Å². The molecule has 0 N–H and O–H groups in total. The van der Waals surface area contributed by atoms with Crippen LogP contribution in [0.1, 0.15) is 107 Å². The van der Waals surface area contributed by atoms with Crippen LogP contribution >= 0.6 is 0 Å². The van der Waals surface area contributed by atoms with Gasteiger partial charge in [0.25, 0.3) is 0 Å². The number of hydrogen-bond donors (Lipinski definition) is 0. The van der Waals surface area contributed by atoms with Crippen molar-refractivity contribution in [3.63, 3.8) is 0 Å². The maximum atomic E-state index is 5.86. The van der Waals surface area contributed by atoms with Crippen LogP contribution in [0.5, 0.6) is 0 Å². The molecule has 1 heteroatoms. The fourth-order valence-electron chi connectivity index (χ4n) is 2.90. The minimum atomic E-state index is -0.0164. The van der Waals surface area contributed by atoms with Crippen LogP contribution in [0.25, 0.3) is 0 Å². The van der Waals surface area contributed by atoms with Gasteiger partial charge in [0.1, 0.15) is 12.2 Å². The lowest BCUT2D eigenvalue weighted by Gasteiger charge is -2.25. The summed E-state index contributed by atoms with van der Waals surface area (Å²) in [6.07, 6.45) is 6.47. The number of unbranched alkanes of at least 4 members (excludes halogenated alkanes) is 1. The Morgan fingerprint density at radius 3 is 1.92 bits per heavy atom. The first-order valence-corrected chi connectivity index (χ1v) is 9.21. The fourth-order valence-corrected chi connectivity index (χ4v) is 2.90. The summed E-state index contributed by atoms with van der Waals surface area (Å²) in [7, 11) is 0. The zero-order chi connectivity index (χ0) is 18.3. The molecule has 132 valence electrons. The van der Waals surface area contributed by atoms with E-state index < -0.39 is 0 Å². The second kappa shape index (κ2) is 9.58. The molecular formula is C23H34O. The predicted octanol–water partition coefficient (Wildman–Crippen LogP) is 7.06. The van der Waals surface area contributed by atoms with Gasteiger partial charge in [0.2, 0.25) is 0 Å². The third kappa shape index (κ3) is 5.45. The van der Waals surface area contributed by atoms with Crippen LogP contribution in [0.15, 0.2) is 24.8 Å². The second-order valence-corrected chi connectivity index (χ2v) is 7.44. The quantitative estimate of drug-likeness (QED) is 0.296. The van der Waals surface area contributed by atoms with Crippen LogP contribution in [0.4, 0.5) is 0 Å². The number of ether oxygens (including phenoxy) is 1. The molecule has 1 atom stereocenters. The second-order valence-electron chi connectivity index (χ2n) is 7.44. The Kier molecular flexibility index (Phi) is 8.13. The van der Waals surface area contributed by atoms with E-state index in [4.69, 9.17) is 4.74 Å². The van der Waals surface area contributed by atoms with E-state index in [0.29, 0.717) is 17.8 Å². The van der Waals surface area contributed by atoms with Crippen LogP contribution in [-0.2, 0) is 4.74 Å². The van der Waals surface area contributed by atoms with Gasteiger partial charge in [-0.05, 0) is 47.8 Å². The van der Waals surface area contributed by atoms with Crippen molar-refractivity contribution in [1.29, 1.82) is 0 Å². The number of hydrogen-bond acceptors (Lipinski definition) is 1. The third-order valence-corrected chi connectivity index (χ3v) is 4.36. The number of benzene rings is 1. The van der Waals surface area contributed by atoms with Gasteiger partial charge in [-0.2, -0.15) is 0 Å². The van der Waals surface area contributed by atoms with Crippen LogP contribution in [0.3, 0.4) is 0 Å². The van der Waals surface area contributed by atoms with Gasteiger partial charge in [0.15, 0.2) is 0 Å². The molecule has 0 bridgehead atoms. The molecule has 1 rings (SSSR count). The molecule has 0 aromatic heterocycles. The Morgan fingerprint density at radius 2 is 1.50 bits per heavy atom. The molecule has 1 nitrogen and oxygen atoms in total. The Hall–Kier alpha value is -1.68. The van der Waals surface area contributed by atoms with E-state index in [1.54, 1.807) is 0 Å². The molecule has 0 aliphatic rings. The lowest BCUT2D eigenvalue weighted by molar-refractivity contribution is 0.185. The molecule has 1 aromatic rings. The van der Waals surface area contributed by atoms with Crippen molar-refractivity contribution >= 4 is 0 Å². The van der Waals surface area contributed by atoms with Crippen LogP contribution in [0, 0.1) is 12.0 Å². The SMILES string of the molecule is C=CCCC#CO[C@@H](C)c1c(C(C)C)cc(C(C)C)cc1C(C)C. The molecule has 0 spiro atoms. The highest BCUT2D eigenvalue weighted by Gasteiger charge is 2.21. The molecule has 0 heterocycles. The lowest BCUT2D eigenvalue weighted by atomic mass is 9.82. The van der Waals surface area contributed by atoms with Crippen LogP contribution < -0.4 is 0 Å². The minimum absolute atomic E-state index is 0.0164. The predicted molar refractivity (Wildman–Crippen MR) is 105 cm³/mol. The monoisotopic (exact) mass is 326 g/mol. The van der Waals surface area contributed by atoms with Gasteiger partial charge in [-0.25, -0.2) is 0 Å². The molecule has 0 fully saturated rings. The topological polar surface area (TPSA) is 9.23 Å². The summed E-state index contributed by atoms with van der Waals surface area (Å²) in [6, 6.07) is 4.73. The van der Waals surface area contributed by atoms with Gasteiger partial charge in [0.05, 0.1) is 0 Å². The fraction of sp³-hybridized carbons (Fsp3) is 0.565. The van der Waals surface area contributed by atoms with E-state index in [2.05, 4.69) is 79.2 Å². The molecular weight excluding hydrogens is 292 g/mol. The first kappa shape index (κ1) is 20.4. The van der Waals surface area contributed by atoms with Crippen LogP contribution in [0.2, 0.25) is 0 Å². The molecule has 1 aromatic carbocycles. The van der Waals surface area contributed by atoms with Gasteiger partial charge in [-0.3, -0.25) is 0 Å². The molecule has 0 aliphatic heterocycles. The van der Waals surface area contributed by atoms with Crippen molar-refractivity contribution in [2.24, 2.45) is 0 Å². The summed E-state index contributed by atoms with van der Waals surface area (Å²) < 4.78 is 5.86. The van der Waals surface area contributed by atoms with E-state index in [9.17, 15) is 0 Å². The Balaban J connectivity index is 3.26. The van der Waals surface area contributed by atoms with E-state index >= 15 is 0 Å². The molecule has 0 saturated carbocycles. The average Bonchev–Trinajstić information content (AvgIpc) is 2.52. The van der Waals surface area contributed by atoms with Gasteiger partial charge in [-0.1, -0.05) is 65.7 Å². The highest BCUT2D eigenvalue weighted by Crippen LogP contribution is 2.36. The van der Waals surface area contributed by atoms with Gasteiger partial charge < -0.3 is 4.74 Å². The summed E-state index contributed by atoms with van der Waals surface area (Å²) in [5.41, 5.74) is 5.52. The molecule has 0 amide bonds. The minimum Gasteiger partial charge on any atom is -0.439 e. The first-order valence-electron chi connectivity index (χ1n) is 9.21. The van der Waals surface area contributed by atoms with Gasteiger partial charge >= 0.3 is 0 Å². The van der Waals surface area contributed by atoms with Crippen molar-refractivity contribution in [2.75, 3.05) is 0 Å². The van der Waals surface area contributed by atoms with Crippen molar-refractivity contribution in [2.45, 2.75) is 85.2 Å². The lowest BCUT2D eigenvalue weighted by Crippen LogP contribution is -2.10. The number of allylic oxidation sites excluding steroid dienone is 1. The number of rotatable bonds is 7. The molecule has 24 heavy (non-hydrogen) atoms. The maximum absolute atomic E-state index is 5.86. The van der Waals surface area contributed by atoms with Gasteiger partial charge in [0, 0.05) is 12.0 Å². The largest absolute Gasteiger partial charge is 0.439 e. The highest BCUT2D eigenvalue weighted by molar-refractivity contribution is 5.45. The van der Waals surface area contributed by atoms with Crippen molar-refractivity contribution < 1.29 is 4.74 Å². The normalized spacial score (nSPS) is 12.2. The standard InChI is InChI=1S/C23H34O/c1-9-10-11-12-13-24-19(8)23-21(17(4)5)14-20(16(2)3)15-22(23)18(6)7/h9,14-19H,1,10-11H2,2-8H3/t19-/m0/s1. The zero-order valence-corrected chi connectivity index (χ0v) is 16.6. The Morgan fingerprint density at radius 1 is 0.958 bits per heavy atom. The zero-order valence-electron chi connectivity index (χ0n) is 16.6. The van der Waals surface area contributed by atoms with E-state index in [0.717, 1.165) is 12.8 Å². The maximum Gasteiger partial charge on any atom is 0.133 e. The average molecular weight is 327 g/mol. The summed E-state index contributed by atoms with van der Waals surface area (Å²) in [5, 5.41) is 0. The summed E-state index contributed by atoms with van der Waals surface area (Å²) in [6.45, 7) is 19.4. The summed E-state index contributed by atoms with van der Waals surface area (Å²) in [4.78, 5) is 0. The van der Waals surface area contributed by atoms with E-state index in [-0.39, 0.29) is 6.10 Å². The Labute approximate surface area is 149 Å². The van der Waals surface area contributed by atoms with Crippen molar-refractivity contribution in [3.8, 4) is 12.0 Å². The van der Waals surface area contributed by atoms with E-state index in [1.165, 1.54) is 22.3 Å². The summed E-state index contributed by atoms with van der Waals surface area (Å²) in [5.74, 6) is 4.54. The third-order valence-electron chi connectivity index (χ3n) is 4.36. The smallest absolute Gasteiger partial charge is 0.133 e. The van der Waals surface area contributed by atoms with Crippen LogP contribution in [-0.4, -0.2) is 0 Å². The highest BCUT2D eigenvalue weighted by atomic mass is 16.5.